The molecule has 0 unspecified atom stereocenters. The van der Waals surface area contributed by atoms with Gasteiger partial charge >= 0.3 is 6.18 Å². The molecule has 0 bridgehead atoms. The first-order valence-electron chi connectivity index (χ1n) is 7.61. The number of nitrogens with one attached hydrogen (secondary N) is 1. The molecule has 0 atom stereocenters. The summed E-state index contributed by atoms with van der Waals surface area (Å²) in [6, 6.07) is 8.57. The summed E-state index contributed by atoms with van der Waals surface area (Å²) in [5.74, 6) is -0.741. The predicted molar refractivity (Wildman–Crippen MR) is 96.1 cm³/mol. The first-order valence-corrected chi connectivity index (χ1v) is 9.42. The first kappa shape index (κ1) is 21.2. The van der Waals surface area contributed by atoms with E-state index < -0.39 is 34.2 Å². The van der Waals surface area contributed by atoms with Crippen molar-refractivity contribution in [2.24, 2.45) is 0 Å². The number of nitrogens with zero attached hydrogens (tertiary/aromatic N) is 1. The van der Waals surface area contributed by atoms with Gasteiger partial charge in [-0.25, -0.2) is 8.42 Å². The lowest BCUT2D eigenvalue weighted by Gasteiger charge is -2.17. The molecule has 0 saturated carbocycles. The van der Waals surface area contributed by atoms with Crippen LogP contribution in [0, 0.1) is 6.92 Å². The normalized spacial score (nSPS) is 12.3. The van der Waals surface area contributed by atoms with Crippen LogP contribution >= 0.6 is 11.6 Å². The summed E-state index contributed by atoms with van der Waals surface area (Å²) in [6.07, 6.45) is -4.56. The monoisotopic (exact) mass is 420 g/mol. The minimum absolute atomic E-state index is 0.0240. The number of amides is 1. The SMILES string of the molecule is Cc1ccc(S(=O)(=O)N(C)CC(=O)Nc2ccc(C(F)(F)F)cc2Cl)cc1. The Bertz CT molecular complexity index is 945. The number of carbonyl (C=O) groups is 1. The maximum Gasteiger partial charge on any atom is 0.416 e. The number of sulfonamides is 1. The molecule has 27 heavy (non-hydrogen) atoms. The highest BCUT2D eigenvalue weighted by Crippen LogP contribution is 2.33. The minimum atomic E-state index is -4.56. The van der Waals surface area contributed by atoms with Gasteiger partial charge in [-0.1, -0.05) is 29.3 Å². The van der Waals surface area contributed by atoms with Gasteiger partial charge in [-0.2, -0.15) is 17.5 Å². The van der Waals surface area contributed by atoms with Gasteiger partial charge in [0.15, 0.2) is 0 Å². The molecule has 0 aliphatic carbocycles. The number of likely N-dealkylation sites (N-methyl/N-ethyl adjacent to an activating group) is 1. The fraction of sp³-hybridized carbons (Fsp3) is 0.235. The summed E-state index contributed by atoms with van der Waals surface area (Å²) in [4.78, 5) is 12.1. The number of hydrogen-bond acceptors (Lipinski definition) is 3. The van der Waals surface area contributed by atoms with Crippen LogP contribution in [-0.4, -0.2) is 32.2 Å². The molecule has 1 amide bonds. The Morgan fingerprint density at radius 2 is 1.74 bits per heavy atom. The maximum absolute atomic E-state index is 12.6. The molecule has 1 N–H and O–H groups in total. The number of hydrogen-bond donors (Lipinski definition) is 1. The summed E-state index contributed by atoms with van der Waals surface area (Å²) in [6.45, 7) is 1.27. The Morgan fingerprint density at radius 1 is 1.15 bits per heavy atom. The van der Waals surface area contributed by atoms with Gasteiger partial charge in [0.05, 0.1) is 27.7 Å². The molecular formula is C17H16ClF3N2O3S. The van der Waals surface area contributed by atoms with Gasteiger partial charge in [-0.05, 0) is 37.3 Å². The second-order valence-electron chi connectivity index (χ2n) is 5.81. The number of rotatable bonds is 5. The summed E-state index contributed by atoms with van der Waals surface area (Å²) in [7, 11) is -2.66. The first-order chi connectivity index (χ1) is 12.4. The average molecular weight is 421 g/mol. The van der Waals surface area contributed by atoms with Crippen LogP contribution in [0.3, 0.4) is 0 Å². The van der Waals surface area contributed by atoms with Crippen LogP contribution in [0.5, 0.6) is 0 Å². The molecule has 10 heteroatoms. The van der Waals surface area contributed by atoms with Crippen molar-refractivity contribution in [1.82, 2.24) is 4.31 Å². The summed E-state index contributed by atoms with van der Waals surface area (Å²) >= 11 is 5.77. The van der Waals surface area contributed by atoms with Gasteiger partial charge in [0.1, 0.15) is 0 Å². The Morgan fingerprint density at radius 3 is 2.26 bits per heavy atom. The summed E-state index contributed by atoms with van der Waals surface area (Å²) in [5.41, 5.74) is -0.119. The molecule has 5 nitrogen and oxygen atoms in total. The molecular weight excluding hydrogens is 405 g/mol. The Kier molecular flexibility index (Phi) is 6.18. The summed E-state index contributed by atoms with van der Waals surface area (Å²) < 4.78 is 63.6. The Hall–Kier alpha value is -2.10. The molecule has 0 heterocycles. The van der Waals surface area contributed by atoms with Crippen LogP contribution in [0.15, 0.2) is 47.4 Å². The van der Waals surface area contributed by atoms with Crippen molar-refractivity contribution in [3.63, 3.8) is 0 Å². The zero-order valence-corrected chi connectivity index (χ0v) is 15.9. The zero-order chi connectivity index (χ0) is 20.4. The van der Waals surface area contributed by atoms with E-state index in [2.05, 4.69) is 5.32 Å². The average Bonchev–Trinajstić information content (AvgIpc) is 2.56. The molecule has 0 radical (unpaired) electrons. The number of benzene rings is 2. The molecule has 2 aromatic rings. The van der Waals surface area contributed by atoms with E-state index >= 15 is 0 Å². The van der Waals surface area contributed by atoms with E-state index in [1.165, 1.54) is 19.2 Å². The van der Waals surface area contributed by atoms with Crippen LogP contribution < -0.4 is 5.32 Å². The smallest absolute Gasteiger partial charge is 0.324 e. The fourth-order valence-electron chi connectivity index (χ4n) is 2.16. The third kappa shape index (κ3) is 5.21. The Labute approximate surface area is 159 Å². The van der Waals surface area contributed by atoms with Crippen LogP contribution in [0.2, 0.25) is 5.02 Å². The molecule has 0 spiro atoms. The number of anilines is 1. The van der Waals surface area contributed by atoms with Crippen molar-refractivity contribution in [2.45, 2.75) is 18.0 Å². The van der Waals surface area contributed by atoms with Crippen molar-refractivity contribution in [3.8, 4) is 0 Å². The molecule has 2 aromatic carbocycles. The molecule has 0 saturated heterocycles. The number of carbonyl (C=O) groups excluding carboxylic acids is 1. The third-order valence-corrected chi connectivity index (χ3v) is 5.80. The van der Waals surface area contributed by atoms with Crippen LogP contribution in [0.1, 0.15) is 11.1 Å². The third-order valence-electron chi connectivity index (χ3n) is 3.67. The van der Waals surface area contributed by atoms with Gasteiger partial charge in [-0.15, -0.1) is 0 Å². The van der Waals surface area contributed by atoms with E-state index in [0.29, 0.717) is 6.07 Å². The van der Waals surface area contributed by atoms with Gasteiger partial charge < -0.3 is 5.32 Å². The van der Waals surface area contributed by atoms with Crippen molar-refractivity contribution < 1.29 is 26.4 Å². The lowest BCUT2D eigenvalue weighted by molar-refractivity contribution is -0.137. The summed E-state index contributed by atoms with van der Waals surface area (Å²) in [5, 5.41) is 2.00. The largest absolute Gasteiger partial charge is 0.416 e. The van der Waals surface area contributed by atoms with Crippen LogP contribution in [0.25, 0.3) is 0 Å². The van der Waals surface area contributed by atoms with Gasteiger partial charge in [0.25, 0.3) is 0 Å². The van der Waals surface area contributed by atoms with E-state index in [1.54, 1.807) is 19.1 Å². The van der Waals surface area contributed by atoms with Gasteiger partial charge in [0.2, 0.25) is 15.9 Å². The quantitative estimate of drug-likeness (QED) is 0.797. The minimum Gasteiger partial charge on any atom is -0.324 e. The molecule has 146 valence electrons. The van der Waals surface area contributed by atoms with Crippen molar-refractivity contribution in [3.05, 3.63) is 58.6 Å². The Balaban J connectivity index is 2.10. The molecule has 0 aliphatic rings. The molecule has 0 fully saturated rings. The number of alkyl halides is 3. The standard InChI is InChI=1S/C17H16ClF3N2O3S/c1-11-3-6-13(7-4-11)27(25,26)23(2)10-16(24)22-15-8-5-12(9-14(15)18)17(19,20)21/h3-9H,10H2,1-2H3,(H,22,24). The fourth-order valence-corrected chi connectivity index (χ4v) is 3.51. The maximum atomic E-state index is 12.6. The lowest BCUT2D eigenvalue weighted by Crippen LogP contribution is -2.35. The second kappa shape index (κ2) is 7.87. The van der Waals surface area contributed by atoms with Crippen molar-refractivity contribution >= 4 is 33.2 Å². The van der Waals surface area contributed by atoms with E-state index in [4.69, 9.17) is 11.6 Å². The van der Waals surface area contributed by atoms with E-state index in [9.17, 15) is 26.4 Å². The van der Waals surface area contributed by atoms with Gasteiger partial charge in [0, 0.05) is 7.05 Å². The van der Waals surface area contributed by atoms with E-state index in [0.717, 1.165) is 22.0 Å². The van der Waals surface area contributed by atoms with Crippen molar-refractivity contribution in [1.29, 1.82) is 0 Å². The number of aryl methyl sites for hydroxylation is 1. The molecule has 2 rings (SSSR count). The van der Waals surface area contributed by atoms with Crippen molar-refractivity contribution in [2.75, 3.05) is 18.9 Å². The van der Waals surface area contributed by atoms with Gasteiger partial charge in [-0.3, -0.25) is 4.79 Å². The molecule has 0 aromatic heterocycles. The lowest BCUT2D eigenvalue weighted by atomic mass is 10.2. The second-order valence-corrected chi connectivity index (χ2v) is 8.27. The number of halogens is 4. The predicted octanol–water partition coefficient (Wildman–Crippen LogP) is 3.93. The topological polar surface area (TPSA) is 66.5 Å². The molecule has 0 aliphatic heterocycles. The van der Waals surface area contributed by atoms with Crippen LogP contribution in [0.4, 0.5) is 18.9 Å². The highest BCUT2D eigenvalue weighted by atomic mass is 35.5. The highest BCUT2D eigenvalue weighted by Gasteiger charge is 2.31. The van der Waals surface area contributed by atoms with Crippen LogP contribution in [-0.2, 0) is 21.0 Å². The van der Waals surface area contributed by atoms with E-state index in [1.807, 2.05) is 0 Å². The van der Waals surface area contributed by atoms with E-state index in [-0.39, 0.29) is 15.6 Å². The highest BCUT2D eigenvalue weighted by molar-refractivity contribution is 7.89. The zero-order valence-electron chi connectivity index (χ0n) is 14.3.